The molecule has 0 aromatic heterocycles. The molecular weight excluding hydrogens is 420 g/mol. The van der Waals surface area contributed by atoms with Crippen molar-refractivity contribution in [2.24, 2.45) is 5.92 Å². The van der Waals surface area contributed by atoms with Gasteiger partial charge in [-0.3, -0.25) is 9.69 Å². The zero-order valence-corrected chi connectivity index (χ0v) is 23.0. The van der Waals surface area contributed by atoms with Gasteiger partial charge in [0, 0.05) is 19.5 Å². The van der Waals surface area contributed by atoms with Crippen LogP contribution in [0.3, 0.4) is 0 Å². The molecule has 34 heavy (non-hydrogen) atoms. The summed E-state index contributed by atoms with van der Waals surface area (Å²) in [5.74, 6) is 0.759. The van der Waals surface area contributed by atoms with Crippen LogP contribution < -0.4 is 5.32 Å². The number of amides is 3. The Kier molecular flexibility index (Phi) is 20.4. The first-order valence-corrected chi connectivity index (χ1v) is 15.2. The molecule has 0 aromatic rings. The van der Waals surface area contributed by atoms with Crippen molar-refractivity contribution in [2.75, 3.05) is 13.1 Å². The Bertz CT molecular complexity index is 494. The molecule has 1 unspecified atom stereocenters. The van der Waals surface area contributed by atoms with Crippen LogP contribution in [0.2, 0.25) is 0 Å². The van der Waals surface area contributed by atoms with Crippen molar-refractivity contribution in [1.82, 2.24) is 10.2 Å². The minimum atomic E-state index is -0.167. The number of rotatable bonds is 15. The van der Waals surface area contributed by atoms with Crippen LogP contribution in [0.25, 0.3) is 0 Å². The van der Waals surface area contributed by atoms with Crippen LogP contribution in [-0.4, -0.2) is 29.9 Å². The Hall–Kier alpha value is -1.06. The second-order valence-corrected chi connectivity index (χ2v) is 10.9. The van der Waals surface area contributed by atoms with Crippen molar-refractivity contribution in [3.05, 3.63) is 0 Å². The molecule has 4 heteroatoms. The molecule has 3 amide bonds. The molecule has 1 atom stereocenters. The van der Waals surface area contributed by atoms with Gasteiger partial charge in [-0.1, -0.05) is 129 Å². The van der Waals surface area contributed by atoms with Gasteiger partial charge in [-0.15, -0.1) is 0 Å². The van der Waals surface area contributed by atoms with E-state index in [1.165, 1.54) is 108 Å². The van der Waals surface area contributed by atoms with E-state index in [2.05, 4.69) is 19.2 Å². The van der Waals surface area contributed by atoms with E-state index in [9.17, 15) is 9.59 Å². The molecule has 1 N–H and O–H groups in total. The lowest BCUT2D eigenvalue weighted by Crippen LogP contribution is -2.44. The molecule has 1 heterocycles. The molecule has 1 saturated heterocycles. The van der Waals surface area contributed by atoms with Gasteiger partial charge in [0.05, 0.1) is 0 Å². The number of hydrogen-bond donors (Lipinski definition) is 1. The number of carbonyl (C=O) groups excluding carboxylic acids is 2. The van der Waals surface area contributed by atoms with Crippen molar-refractivity contribution < 1.29 is 9.59 Å². The minimum Gasteiger partial charge on any atom is -0.338 e. The summed E-state index contributed by atoms with van der Waals surface area (Å²) in [7, 11) is 0. The third-order valence-corrected chi connectivity index (χ3v) is 7.52. The van der Waals surface area contributed by atoms with E-state index in [0.717, 1.165) is 44.4 Å². The standard InChI is InChI=1S/C30H58N2O2/c1-3-4-5-6-7-8-9-10-11-12-13-14-17-20-25-29(33)32-27-21-18-15-16-19-23-28(2)24-22-26-31-30(32)34/h28H,3-27H2,1-2H3,(H,31,34). The molecule has 0 aliphatic carbocycles. The third kappa shape index (κ3) is 17.4. The first-order valence-electron chi connectivity index (χ1n) is 15.2. The van der Waals surface area contributed by atoms with Gasteiger partial charge >= 0.3 is 6.03 Å². The Morgan fingerprint density at radius 3 is 1.85 bits per heavy atom. The average Bonchev–Trinajstić information content (AvgIpc) is 2.83. The summed E-state index contributed by atoms with van der Waals surface area (Å²) in [5.41, 5.74) is 0. The Balaban J connectivity index is 2.12. The SMILES string of the molecule is CCCCCCCCCCCCCCCCC(=O)N1CCCCCCCC(C)CCCNC1=O. The van der Waals surface area contributed by atoms with Crippen LogP contribution >= 0.6 is 0 Å². The van der Waals surface area contributed by atoms with Crippen LogP contribution in [0.5, 0.6) is 0 Å². The van der Waals surface area contributed by atoms with E-state index in [0.29, 0.717) is 19.5 Å². The maximum absolute atomic E-state index is 12.8. The molecule has 0 aromatic carbocycles. The Morgan fingerprint density at radius 2 is 1.24 bits per heavy atom. The third-order valence-electron chi connectivity index (χ3n) is 7.52. The summed E-state index contributed by atoms with van der Waals surface area (Å²) in [6.07, 6.45) is 28.3. The fourth-order valence-corrected chi connectivity index (χ4v) is 5.12. The largest absolute Gasteiger partial charge is 0.338 e. The quantitative estimate of drug-likeness (QED) is 0.238. The van der Waals surface area contributed by atoms with Gasteiger partial charge in [-0.2, -0.15) is 0 Å². The van der Waals surface area contributed by atoms with Crippen LogP contribution in [0.1, 0.15) is 162 Å². The van der Waals surface area contributed by atoms with Crippen molar-refractivity contribution in [2.45, 2.75) is 162 Å². The van der Waals surface area contributed by atoms with E-state index in [-0.39, 0.29) is 11.9 Å². The smallest absolute Gasteiger partial charge is 0.324 e. The number of hydrogen-bond acceptors (Lipinski definition) is 2. The fraction of sp³-hybridized carbons (Fsp3) is 0.933. The van der Waals surface area contributed by atoms with E-state index in [1.54, 1.807) is 0 Å². The first kappa shape index (κ1) is 31.0. The van der Waals surface area contributed by atoms with Crippen molar-refractivity contribution in [3.8, 4) is 0 Å². The van der Waals surface area contributed by atoms with Gasteiger partial charge < -0.3 is 5.32 Å². The predicted molar refractivity (Wildman–Crippen MR) is 146 cm³/mol. The van der Waals surface area contributed by atoms with Crippen LogP contribution in [0.15, 0.2) is 0 Å². The fourth-order valence-electron chi connectivity index (χ4n) is 5.12. The summed E-state index contributed by atoms with van der Waals surface area (Å²) in [4.78, 5) is 26.9. The molecule has 4 nitrogen and oxygen atoms in total. The van der Waals surface area contributed by atoms with E-state index >= 15 is 0 Å². The van der Waals surface area contributed by atoms with Gasteiger partial charge in [0.2, 0.25) is 5.91 Å². The molecule has 0 spiro atoms. The van der Waals surface area contributed by atoms with Gasteiger partial charge in [-0.25, -0.2) is 4.79 Å². The Morgan fingerprint density at radius 1 is 0.735 bits per heavy atom. The van der Waals surface area contributed by atoms with Gasteiger partial charge in [-0.05, 0) is 31.6 Å². The van der Waals surface area contributed by atoms with Crippen molar-refractivity contribution in [3.63, 3.8) is 0 Å². The monoisotopic (exact) mass is 478 g/mol. The van der Waals surface area contributed by atoms with Gasteiger partial charge in [0.1, 0.15) is 0 Å². The highest BCUT2D eigenvalue weighted by Crippen LogP contribution is 2.17. The highest BCUT2D eigenvalue weighted by atomic mass is 16.2. The lowest BCUT2D eigenvalue weighted by atomic mass is 9.97. The molecule has 0 bridgehead atoms. The summed E-state index contributed by atoms with van der Waals surface area (Å²) >= 11 is 0. The van der Waals surface area contributed by atoms with Crippen molar-refractivity contribution >= 4 is 11.9 Å². The highest BCUT2D eigenvalue weighted by Gasteiger charge is 2.20. The number of urea groups is 1. The minimum absolute atomic E-state index is 0.0249. The maximum atomic E-state index is 12.8. The molecule has 200 valence electrons. The molecular formula is C30H58N2O2. The molecule has 1 aliphatic rings. The summed E-state index contributed by atoms with van der Waals surface area (Å²) in [5, 5.41) is 3.01. The number of unbranched alkanes of at least 4 members (excludes halogenated alkanes) is 13. The first-order chi connectivity index (χ1) is 16.6. The number of nitrogens with one attached hydrogen (secondary N) is 1. The molecule has 1 rings (SSSR count). The van der Waals surface area contributed by atoms with Gasteiger partial charge in [0.25, 0.3) is 0 Å². The lowest BCUT2D eigenvalue weighted by molar-refractivity contribution is -0.128. The second kappa shape index (κ2) is 22.4. The molecule has 0 radical (unpaired) electrons. The number of nitrogens with zero attached hydrogens (tertiary/aromatic N) is 1. The van der Waals surface area contributed by atoms with Gasteiger partial charge in [0.15, 0.2) is 0 Å². The van der Waals surface area contributed by atoms with E-state index in [4.69, 9.17) is 0 Å². The van der Waals surface area contributed by atoms with E-state index < -0.39 is 0 Å². The highest BCUT2D eigenvalue weighted by molar-refractivity contribution is 5.94. The summed E-state index contributed by atoms with van der Waals surface area (Å²) in [6.45, 7) is 5.87. The summed E-state index contributed by atoms with van der Waals surface area (Å²) in [6, 6.07) is -0.167. The van der Waals surface area contributed by atoms with Crippen molar-refractivity contribution in [1.29, 1.82) is 0 Å². The maximum Gasteiger partial charge on any atom is 0.324 e. The normalized spacial score (nSPS) is 18.9. The predicted octanol–water partition coefficient (Wildman–Crippen LogP) is 9.17. The second-order valence-electron chi connectivity index (χ2n) is 10.9. The summed E-state index contributed by atoms with van der Waals surface area (Å²) < 4.78 is 0. The molecule has 0 saturated carbocycles. The molecule has 1 aliphatic heterocycles. The molecule has 1 fully saturated rings. The topological polar surface area (TPSA) is 49.4 Å². The lowest BCUT2D eigenvalue weighted by Gasteiger charge is -2.22. The zero-order chi connectivity index (χ0) is 24.7. The van der Waals surface area contributed by atoms with Crippen LogP contribution in [0.4, 0.5) is 4.79 Å². The van der Waals surface area contributed by atoms with E-state index in [1.807, 2.05) is 0 Å². The zero-order valence-electron chi connectivity index (χ0n) is 23.0. The Labute approximate surface area is 212 Å². The van der Waals surface area contributed by atoms with Crippen LogP contribution in [-0.2, 0) is 4.79 Å². The number of carbonyl (C=O) groups is 2. The average molecular weight is 479 g/mol. The van der Waals surface area contributed by atoms with Crippen LogP contribution in [0, 0.1) is 5.92 Å². The number of imide groups is 1.